The third kappa shape index (κ3) is 11.2. The molecule has 0 amide bonds. The molecule has 0 bridgehead atoms. The summed E-state index contributed by atoms with van der Waals surface area (Å²) >= 11 is 0. The van der Waals surface area contributed by atoms with Gasteiger partial charge >= 0.3 is 0 Å². The van der Waals surface area contributed by atoms with Crippen LogP contribution in [-0.2, 0) is 25.4 Å². The van der Waals surface area contributed by atoms with E-state index < -0.39 is 41.9 Å². The molecule has 0 saturated carbocycles. The highest BCUT2D eigenvalue weighted by Gasteiger charge is 2.44. The minimum Gasteiger partial charge on any atom is -0.507 e. The average Bonchev–Trinajstić information content (AvgIpc) is 3.15. The van der Waals surface area contributed by atoms with Gasteiger partial charge in [0, 0.05) is 23.7 Å². The van der Waals surface area contributed by atoms with Crippen LogP contribution in [-0.4, -0.2) is 129 Å². The van der Waals surface area contributed by atoms with Crippen molar-refractivity contribution in [2.24, 2.45) is 0 Å². The molecule has 0 unspecified atom stereocenters. The van der Waals surface area contributed by atoms with Gasteiger partial charge in [-0.15, -0.1) is 0 Å². The van der Waals surface area contributed by atoms with Gasteiger partial charge in [-0.25, -0.2) is 0 Å². The number of likely N-dealkylation sites (N-methyl/N-ethyl adjacent to an activating group) is 1. The number of benzene rings is 2. The number of rotatable bonds is 21. The van der Waals surface area contributed by atoms with Crippen molar-refractivity contribution in [3.63, 3.8) is 0 Å². The molecule has 2 heterocycles. The molecule has 2 aromatic carbocycles. The van der Waals surface area contributed by atoms with E-state index in [-0.39, 0.29) is 35.7 Å². The molecule has 3 aromatic rings. The number of aliphatic hydroxyl groups excluding tert-OH is 3. The van der Waals surface area contributed by atoms with Crippen LogP contribution in [0.3, 0.4) is 0 Å². The standard InChI is InChI=1S/C39H55NO13/c1-7-40(8-2)15-16-47-17-18-48-19-20-49-21-22-50-30-23-29(41)31-33(43)38(53-39-35(45)34(44)32(42)25(5)51-39)36(26-10-12-27(46-6)13-11-26)52-37(31)28(30)14-9-24(3)4/h9-13,23,25,32,34-35,39,41-42,44-45H,7-8,14-22H2,1-6H3/t25-,32-,34+,35+,39-/m1/s1. The normalized spacial score (nSPS) is 20.2. The van der Waals surface area contributed by atoms with Crippen LogP contribution in [0.15, 0.2) is 51.2 Å². The monoisotopic (exact) mass is 745 g/mol. The summed E-state index contributed by atoms with van der Waals surface area (Å²) in [6.45, 7) is 15.3. The number of phenols is 1. The summed E-state index contributed by atoms with van der Waals surface area (Å²) < 4.78 is 46.4. The highest BCUT2D eigenvalue weighted by atomic mass is 16.7. The van der Waals surface area contributed by atoms with Crippen molar-refractivity contribution in [2.45, 2.75) is 71.7 Å². The van der Waals surface area contributed by atoms with Crippen LogP contribution >= 0.6 is 0 Å². The lowest BCUT2D eigenvalue weighted by Gasteiger charge is -2.38. The smallest absolute Gasteiger partial charge is 0.239 e. The zero-order valence-electron chi connectivity index (χ0n) is 31.5. The first-order valence-electron chi connectivity index (χ1n) is 18.1. The Bertz CT molecular complexity index is 1670. The number of nitrogens with zero attached hydrogens (tertiary/aromatic N) is 1. The lowest BCUT2D eigenvalue weighted by Crippen LogP contribution is -2.58. The maximum atomic E-state index is 14.3. The van der Waals surface area contributed by atoms with E-state index in [9.17, 15) is 25.2 Å². The number of fused-ring (bicyclic) bond motifs is 1. The van der Waals surface area contributed by atoms with Crippen molar-refractivity contribution in [3.8, 4) is 34.3 Å². The molecule has 294 valence electrons. The van der Waals surface area contributed by atoms with Crippen molar-refractivity contribution in [2.75, 3.05) is 73.0 Å². The number of aromatic hydroxyl groups is 1. The summed E-state index contributed by atoms with van der Waals surface area (Å²) in [6.07, 6.45) is -4.91. The number of aliphatic hydroxyl groups is 3. The van der Waals surface area contributed by atoms with Gasteiger partial charge in [-0.1, -0.05) is 25.5 Å². The summed E-state index contributed by atoms with van der Waals surface area (Å²) in [5.41, 5.74) is 1.25. The molecule has 1 aromatic heterocycles. The van der Waals surface area contributed by atoms with Crippen molar-refractivity contribution in [3.05, 3.63) is 57.8 Å². The van der Waals surface area contributed by atoms with E-state index in [1.807, 2.05) is 19.9 Å². The average molecular weight is 746 g/mol. The Hall–Kier alpha value is -3.73. The van der Waals surface area contributed by atoms with Crippen molar-refractivity contribution in [1.29, 1.82) is 0 Å². The van der Waals surface area contributed by atoms with Crippen LogP contribution in [0, 0.1) is 0 Å². The largest absolute Gasteiger partial charge is 0.507 e. The summed E-state index contributed by atoms with van der Waals surface area (Å²) in [5.74, 6) is 0.0310. The molecule has 0 spiro atoms. The van der Waals surface area contributed by atoms with Crippen molar-refractivity contribution in [1.82, 2.24) is 4.90 Å². The minimum absolute atomic E-state index is 0.0261. The van der Waals surface area contributed by atoms with Gasteiger partial charge < -0.3 is 62.9 Å². The molecule has 5 atom stereocenters. The minimum atomic E-state index is -1.70. The van der Waals surface area contributed by atoms with E-state index in [4.69, 9.17) is 37.6 Å². The van der Waals surface area contributed by atoms with Crippen LogP contribution < -0.4 is 19.6 Å². The van der Waals surface area contributed by atoms with Crippen LogP contribution in [0.1, 0.15) is 40.2 Å². The number of methoxy groups -OCH3 is 1. The van der Waals surface area contributed by atoms with Crippen LogP contribution in [0.5, 0.6) is 23.0 Å². The summed E-state index contributed by atoms with van der Waals surface area (Å²) in [6, 6.07) is 8.01. The predicted molar refractivity (Wildman–Crippen MR) is 198 cm³/mol. The highest BCUT2D eigenvalue weighted by Crippen LogP contribution is 2.40. The van der Waals surface area contributed by atoms with Gasteiger partial charge in [0.2, 0.25) is 17.5 Å². The molecule has 1 fully saturated rings. The fourth-order valence-electron chi connectivity index (χ4n) is 5.74. The van der Waals surface area contributed by atoms with Gasteiger partial charge in [0.05, 0.1) is 52.9 Å². The molecule has 0 radical (unpaired) electrons. The molecule has 0 aliphatic carbocycles. The second-order valence-corrected chi connectivity index (χ2v) is 12.9. The molecule has 14 nitrogen and oxygen atoms in total. The lowest BCUT2D eigenvalue weighted by molar-refractivity contribution is -0.268. The summed E-state index contributed by atoms with van der Waals surface area (Å²) in [4.78, 5) is 16.6. The molecule has 53 heavy (non-hydrogen) atoms. The molecule has 14 heteroatoms. The first-order chi connectivity index (χ1) is 25.5. The van der Waals surface area contributed by atoms with Gasteiger partial charge in [0.15, 0.2) is 5.76 Å². The third-order valence-electron chi connectivity index (χ3n) is 8.95. The Balaban J connectivity index is 1.55. The highest BCUT2D eigenvalue weighted by molar-refractivity contribution is 5.91. The van der Waals surface area contributed by atoms with Gasteiger partial charge in [0.1, 0.15) is 53.1 Å². The maximum absolute atomic E-state index is 14.3. The Morgan fingerprint density at radius 3 is 2.11 bits per heavy atom. The van der Waals surface area contributed by atoms with Crippen LogP contribution in [0.2, 0.25) is 0 Å². The van der Waals surface area contributed by atoms with Gasteiger partial charge in [-0.2, -0.15) is 0 Å². The molecule has 1 aliphatic heterocycles. The van der Waals surface area contributed by atoms with Gasteiger partial charge in [-0.3, -0.25) is 4.79 Å². The fraction of sp³-hybridized carbons (Fsp3) is 0.564. The second kappa shape index (κ2) is 20.7. The number of allylic oxidation sites excluding steroid dienone is 2. The number of hydrogen-bond acceptors (Lipinski definition) is 14. The van der Waals surface area contributed by atoms with Gasteiger partial charge in [0.25, 0.3) is 0 Å². The van der Waals surface area contributed by atoms with E-state index >= 15 is 0 Å². The summed E-state index contributed by atoms with van der Waals surface area (Å²) in [7, 11) is 1.52. The Morgan fingerprint density at radius 2 is 1.51 bits per heavy atom. The van der Waals surface area contributed by atoms with E-state index in [1.54, 1.807) is 24.3 Å². The summed E-state index contributed by atoms with van der Waals surface area (Å²) in [5, 5.41) is 42.4. The number of hydrogen-bond donors (Lipinski definition) is 4. The lowest BCUT2D eigenvalue weighted by atomic mass is 10.00. The van der Waals surface area contributed by atoms with Crippen LogP contribution in [0.4, 0.5) is 0 Å². The molecule has 4 N–H and O–H groups in total. The van der Waals surface area contributed by atoms with Crippen molar-refractivity contribution < 1.29 is 58.0 Å². The number of phenolic OH excluding ortho intramolecular Hbond substituents is 1. The second-order valence-electron chi connectivity index (χ2n) is 12.9. The molecular formula is C39H55NO13. The predicted octanol–water partition coefficient (Wildman–Crippen LogP) is 3.66. The Labute approximate surface area is 310 Å². The van der Waals surface area contributed by atoms with E-state index in [0.717, 1.165) is 25.2 Å². The molecule has 4 rings (SSSR count). The van der Waals surface area contributed by atoms with Gasteiger partial charge in [-0.05, 0) is 64.5 Å². The zero-order chi connectivity index (χ0) is 38.5. The Kier molecular flexibility index (Phi) is 16.4. The first-order valence-corrected chi connectivity index (χ1v) is 18.1. The molecular weight excluding hydrogens is 690 g/mol. The SMILES string of the molecule is CCN(CC)CCOCCOCCOCCOc1cc(O)c2c(=O)c(O[C@H]3O[C@H](C)[C@@H](O)[C@H](O)[C@@H]3O)c(-c3ccc(OC)cc3)oc2c1CC=C(C)C. The maximum Gasteiger partial charge on any atom is 0.239 e. The quantitative estimate of drug-likeness (QED) is 0.0917. The topological polar surface area (TPSA) is 179 Å². The van der Waals surface area contributed by atoms with Crippen molar-refractivity contribution >= 4 is 11.0 Å². The van der Waals surface area contributed by atoms with Crippen LogP contribution in [0.25, 0.3) is 22.3 Å². The van der Waals surface area contributed by atoms with E-state index in [0.29, 0.717) is 62.1 Å². The molecule has 1 aliphatic rings. The van der Waals surface area contributed by atoms with E-state index in [2.05, 4.69) is 18.7 Å². The van der Waals surface area contributed by atoms with E-state index in [1.165, 1.54) is 20.1 Å². The number of ether oxygens (including phenoxy) is 7. The Morgan fingerprint density at radius 1 is 0.887 bits per heavy atom. The first kappa shape index (κ1) is 42.0. The molecule has 1 saturated heterocycles. The zero-order valence-corrected chi connectivity index (χ0v) is 31.5. The fourth-order valence-corrected chi connectivity index (χ4v) is 5.74. The third-order valence-corrected chi connectivity index (χ3v) is 8.95.